The number of rotatable bonds is 5. The molecule has 1 N–H and O–H groups in total. The van der Waals surface area contributed by atoms with Gasteiger partial charge in [0.2, 0.25) is 0 Å². The topological polar surface area (TPSA) is 28.4 Å². The molecule has 0 atom stereocenters. The Morgan fingerprint density at radius 3 is 2.63 bits per heavy atom. The molecule has 2 rings (SSSR count). The minimum absolute atomic E-state index is 0.562. The molecule has 0 saturated carbocycles. The maximum Gasteiger partial charge on any atom is 0.118 e. The van der Waals surface area contributed by atoms with E-state index in [4.69, 9.17) is 4.42 Å². The highest BCUT2D eigenvalue weighted by atomic mass is 16.3. The van der Waals surface area contributed by atoms with E-state index in [1.807, 2.05) is 7.05 Å². The van der Waals surface area contributed by atoms with Crippen LogP contribution in [0.4, 0.5) is 0 Å². The molecule has 3 heteroatoms. The van der Waals surface area contributed by atoms with E-state index in [2.05, 4.69) is 37.1 Å². The van der Waals surface area contributed by atoms with Crippen LogP contribution in [0.2, 0.25) is 0 Å². The Kier molecular flexibility index (Phi) is 4.69. The Bertz CT molecular complexity index is 403. The fourth-order valence-corrected chi connectivity index (χ4v) is 2.86. The summed E-state index contributed by atoms with van der Waals surface area (Å²) in [6.07, 6.45) is 3.92. The largest absolute Gasteiger partial charge is 0.465 e. The van der Waals surface area contributed by atoms with Crippen molar-refractivity contribution in [3.63, 3.8) is 0 Å². The zero-order valence-electron chi connectivity index (χ0n) is 12.9. The van der Waals surface area contributed by atoms with Crippen molar-refractivity contribution in [2.75, 3.05) is 20.1 Å². The summed E-state index contributed by atoms with van der Waals surface area (Å²) >= 11 is 0. The van der Waals surface area contributed by atoms with Gasteiger partial charge in [-0.05, 0) is 51.4 Å². The third kappa shape index (κ3) is 3.61. The number of nitrogens with one attached hydrogen (secondary N) is 1. The van der Waals surface area contributed by atoms with E-state index >= 15 is 0 Å². The van der Waals surface area contributed by atoms with E-state index in [1.54, 1.807) is 0 Å². The number of furan rings is 1. The summed E-state index contributed by atoms with van der Waals surface area (Å²) in [5.41, 5.74) is 1.85. The average Bonchev–Trinajstić information content (AvgIpc) is 2.74. The van der Waals surface area contributed by atoms with Gasteiger partial charge in [0.25, 0.3) is 0 Å². The van der Waals surface area contributed by atoms with E-state index in [0.29, 0.717) is 5.41 Å². The molecular formula is C16H28N2O. The number of hydrogen-bond acceptors (Lipinski definition) is 3. The molecule has 1 aromatic rings. The summed E-state index contributed by atoms with van der Waals surface area (Å²) in [5.74, 6) is 2.17. The first-order valence-electron chi connectivity index (χ1n) is 7.51. The van der Waals surface area contributed by atoms with Crippen molar-refractivity contribution in [3.8, 4) is 0 Å². The van der Waals surface area contributed by atoms with Crippen molar-refractivity contribution in [2.24, 2.45) is 5.41 Å². The number of aryl methyl sites for hydroxylation is 1. The molecule has 1 aliphatic heterocycles. The molecule has 3 nitrogen and oxygen atoms in total. The van der Waals surface area contributed by atoms with Crippen molar-refractivity contribution in [1.82, 2.24) is 10.2 Å². The number of likely N-dealkylation sites (tertiary alicyclic amines) is 1. The van der Waals surface area contributed by atoms with Gasteiger partial charge in [-0.3, -0.25) is 4.90 Å². The Morgan fingerprint density at radius 1 is 1.37 bits per heavy atom. The minimum Gasteiger partial charge on any atom is -0.465 e. The molecule has 108 valence electrons. The van der Waals surface area contributed by atoms with Crippen LogP contribution in [0.5, 0.6) is 0 Å². The first-order chi connectivity index (χ1) is 9.06. The van der Waals surface area contributed by atoms with Crippen LogP contribution in [0, 0.1) is 12.3 Å². The summed E-state index contributed by atoms with van der Waals surface area (Å²) in [6, 6.07) is 2.21. The third-order valence-corrected chi connectivity index (χ3v) is 4.74. The normalized spacial score (nSPS) is 19.8. The maximum absolute atomic E-state index is 5.87. The highest BCUT2D eigenvalue weighted by molar-refractivity contribution is 5.20. The van der Waals surface area contributed by atoms with Gasteiger partial charge in [-0.25, -0.2) is 0 Å². The van der Waals surface area contributed by atoms with E-state index in [1.165, 1.54) is 37.9 Å². The van der Waals surface area contributed by atoms with Crippen LogP contribution >= 0.6 is 0 Å². The highest BCUT2D eigenvalue weighted by Gasteiger charge is 2.28. The van der Waals surface area contributed by atoms with Gasteiger partial charge in [0.15, 0.2) is 0 Å². The van der Waals surface area contributed by atoms with Crippen LogP contribution in [0.25, 0.3) is 0 Å². The predicted octanol–water partition coefficient (Wildman–Crippen LogP) is 3.32. The Hall–Kier alpha value is -0.800. The second-order valence-electron chi connectivity index (χ2n) is 6.26. The Morgan fingerprint density at radius 2 is 2.05 bits per heavy atom. The highest BCUT2D eigenvalue weighted by Crippen LogP contribution is 2.34. The number of hydrogen-bond donors (Lipinski definition) is 1. The fraction of sp³-hybridized carbons (Fsp3) is 0.750. The van der Waals surface area contributed by atoms with Crippen molar-refractivity contribution >= 4 is 0 Å². The second-order valence-corrected chi connectivity index (χ2v) is 6.26. The lowest BCUT2D eigenvalue weighted by Crippen LogP contribution is -2.37. The molecule has 0 bridgehead atoms. The molecule has 0 unspecified atom stereocenters. The lowest BCUT2D eigenvalue weighted by molar-refractivity contribution is 0.104. The number of piperidine rings is 1. The standard InChI is InChI=1S/C16H28N2O/c1-5-16(3)6-8-18(9-7-16)12-15-10-14(11-17-4)13(2)19-15/h10,17H,5-9,11-12H2,1-4H3. The maximum atomic E-state index is 5.87. The number of nitrogens with zero attached hydrogens (tertiary/aromatic N) is 1. The monoisotopic (exact) mass is 264 g/mol. The molecule has 19 heavy (non-hydrogen) atoms. The van der Waals surface area contributed by atoms with Gasteiger partial charge in [-0.15, -0.1) is 0 Å². The molecule has 0 aromatic carbocycles. The van der Waals surface area contributed by atoms with Gasteiger partial charge in [-0.2, -0.15) is 0 Å². The zero-order valence-corrected chi connectivity index (χ0v) is 12.9. The van der Waals surface area contributed by atoms with Crippen molar-refractivity contribution in [2.45, 2.75) is 53.1 Å². The summed E-state index contributed by atoms with van der Waals surface area (Å²) in [7, 11) is 1.97. The summed E-state index contributed by atoms with van der Waals surface area (Å²) < 4.78 is 5.87. The van der Waals surface area contributed by atoms with Gasteiger partial charge in [0.05, 0.1) is 6.54 Å². The van der Waals surface area contributed by atoms with Crippen molar-refractivity contribution in [1.29, 1.82) is 0 Å². The first-order valence-corrected chi connectivity index (χ1v) is 7.51. The van der Waals surface area contributed by atoms with Crippen LogP contribution < -0.4 is 5.32 Å². The molecule has 1 saturated heterocycles. The van der Waals surface area contributed by atoms with Crippen LogP contribution in [0.15, 0.2) is 10.5 Å². The average molecular weight is 264 g/mol. The van der Waals surface area contributed by atoms with Crippen LogP contribution in [-0.4, -0.2) is 25.0 Å². The predicted molar refractivity (Wildman–Crippen MR) is 79.1 cm³/mol. The molecule has 0 amide bonds. The smallest absolute Gasteiger partial charge is 0.118 e. The van der Waals surface area contributed by atoms with Crippen LogP contribution in [0.1, 0.15) is 50.2 Å². The summed E-state index contributed by atoms with van der Waals surface area (Å²) in [6.45, 7) is 11.0. The Labute approximate surface area is 117 Å². The molecule has 2 heterocycles. The summed E-state index contributed by atoms with van der Waals surface area (Å²) in [5, 5.41) is 3.19. The molecule has 1 aliphatic rings. The quantitative estimate of drug-likeness (QED) is 0.884. The van der Waals surface area contributed by atoms with Gasteiger partial charge >= 0.3 is 0 Å². The Balaban J connectivity index is 1.90. The van der Waals surface area contributed by atoms with Gasteiger partial charge in [-0.1, -0.05) is 20.3 Å². The van der Waals surface area contributed by atoms with Crippen LogP contribution in [0.3, 0.4) is 0 Å². The zero-order chi connectivity index (χ0) is 13.9. The molecular weight excluding hydrogens is 236 g/mol. The van der Waals surface area contributed by atoms with E-state index in [-0.39, 0.29) is 0 Å². The van der Waals surface area contributed by atoms with Crippen molar-refractivity contribution < 1.29 is 4.42 Å². The van der Waals surface area contributed by atoms with E-state index in [0.717, 1.165) is 24.6 Å². The van der Waals surface area contributed by atoms with E-state index in [9.17, 15) is 0 Å². The van der Waals surface area contributed by atoms with Gasteiger partial charge < -0.3 is 9.73 Å². The lowest BCUT2D eigenvalue weighted by atomic mass is 9.78. The molecule has 1 aromatic heterocycles. The lowest BCUT2D eigenvalue weighted by Gasteiger charge is -2.38. The summed E-state index contributed by atoms with van der Waals surface area (Å²) in [4.78, 5) is 2.53. The molecule has 0 radical (unpaired) electrons. The molecule has 0 spiro atoms. The third-order valence-electron chi connectivity index (χ3n) is 4.74. The van der Waals surface area contributed by atoms with Crippen molar-refractivity contribution in [3.05, 3.63) is 23.2 Å². The second kappa shape index (κ2) is 6.10. The van der Waals surface area contributed by atoms with Gasteiger partial charge in [0, 0.05) is 12.1 Å². The molecule has 0 aliphatic carbocycles. The van der Waals surface area contributed by atoms with Gasteiger partial charge in [0.1, 0.15) is 11.5 Å². The first kappa shape index (κ1) is 14.6. The minimum atomic E-state index is 0.562. The fourth-order valence-electron chi connectivity index (χ4n) is 2.86. The van der Waals surface area contributed by atoms with Crippen LogP contribution in [-0.2, 0) is 13.1 Å². The van der Waals surface area contributed by atoms with E-state index < -0.39 is 0 Å². The molecule has 1 fully saturated rings. The SMILES string of the molecule is CCC1(C)CCN(Cc2cc(CNC)c(C)o2)CC1.